The van der Waals surface area contributed by atoms with Crippen LogP contribution in [0.4, 0.5) is 0 Å². The van der Waals surface area contributed by atoms with Gasteiger partial charge in [0.05, 0.1) is 4.90 Å². The van der Waals surface area contributed by atoms with Gasteiger partial charge in [-0.25, -0.2) is 13.4 Å². The number of pyridine rings is 1. The summed E-state index contributed by atoms with van der Waals surface area (Å²) >= 11 is 0. The maximum absolute atomic E-state index is 10.4. The topological polar surface area (TPSA) is 113 Å². The largest absolute Gasteiger partial charge is 1.00 e. The molecule has 0 aliphatic carbocycles. The van der Waals surface area contributed by atoms with Crippen molar-refractivity contribution < 1.29 is 74.4 Å². The minimum atomic E-state index is -4.27. The van der Waals surface area contributed by atoms with Gasteiger partial charge >= 0.3 is 26.8 Å². The molecular weight excluding hydrogens is 765 g/mol. The van der Waals surface area contributed by atoms with Crippen LogP contribution in [0.5, 0.6) is 17.2 Å². The van der Waals surface area contributed by atoms with Crippen molar-refractivity contribution in [2.45, 2.75) is 51.6 Å². The Morgan fingerprint density at radius 1 is 0.612 bits per heavy atom. The van der Waals surface area contributed by atoms with Gasteiger partial charge in [-0.2, -0.15) is 0 Å². The van der Waals surface area contributed by atoms with E-state index in [0.29, 0.717) is 12.1 Å². The Balaban J connectivity index is 0.000000736. The van der Waals surface area contributed by atoms with Gasteiger partial charge in [0.1, 0.15) is 10.1 Å². The van der Waals surface area contributed by atoms with E-state index in [4.69, 9.17) is 13.6 Å². The second-order valence-corrected chi connectivity index (χ2v) is 14.1. The molecule has 0 saturated carbocycles. The SMILES string of the molecule is CC(C)[N-]C(C)C.C[P+](Oc1ccccc1)(Oc1ccccc1)Oc1ccccc1.Cc1ccc(S(=O)(=O)[O-])cc1.[I-].[Li+].c1cc[nH+]cc1. The number of benzene rings is 4. The molecular formula is C37H45ILiN2O6PS. The molecule has 0 saturated heterocycles. The first-order valence-electron chi connectivity index (χ1n) is 15.1. The van der Waals surface area contributed by atoms with Gasteiger partial charge in [-0.1, -0.05) is 106 Å². The molecule has 1 N–H and O–H groups in total. The van der Waals surface area contributed by atoms with Gasteiger partial charge in [-0.3, -0.25) is 13.6 Å². The van der Waals surface area contributed by atoms with Crippen LogP contribution in [0.15, 0.2) is 151 Å². The molecule has 0 aliphatic rings. The first-order valence-corrected chi connectivity index (χ1v) is 18.5. The predicted octanol–water partition coefficient (Wildman–Crippen LogP) is 3.20. The quantitative estimate of drug-likeness (QED) is 0.0980. The summed E-state index contributed by atoms with van der Waals surface area (Å²) in [5.74, 6) is 2.15. The van der Waals surface area contributed by atoms with Crippen molar-refractivity contribution in [2.24, 2.45) is 0 Å². The summed E-state index contributed by atoms with van der Waals surface area (Å²) in [6, 6.07) is 41.3. The van der Waals surface area contributed by atoms with Crippen LogP contribution >= 0.6 is 7.94 Å². The molecule has 0 unspecified atom stereocenters. The van der Waals surface area contributed by atoms with Crippen LogP contribution < -0.4 is 61.4 Å². The Hall–Kier alpha value is -2.94. The standard InChI is InChI=1S/C19H18O3P.C7H8O3S.C6H14N.C5H5N.HI.Li/c1-23(20-17-11-5-2-6-12-17,21-18-13-7-3-8-14-18)22-19-15-9-4-10-16-19;1-6-2-4-7(5-3-6)11(8,9)10;1-5(2)7-6(3)4;1-2-4-6-5-3-1;;/h2-16H,1H3;2-5H,1H3,(H,8,9,10);5-6H,1-4H3;1-5H;1H;/q+1;;-1;;;+1/p-1. The molecule has 0 bridgehead atoms. The summed E-state index contributed by atoms with van der Waals surface area (Å²) in [7, 11) is -6.90. The van der Waals surface area contributed by atoms with Crippen molar-refractivity contribution in [3.05, 3.63) is 157 Å². The molecule has 0 aliphatic heterocycles. The van der Waals surface area contributed by atoms with Crippen LogP contribution in [0, 0.1) is 6.92 Å². The van der Waals surface area contributed by atoms with Gasteiger partial charge in [-0.05, 0) is 55.5 Å². The van der Waals surface area contributed by atoms with E-state index >= 15 is 0 Å². The van der Waals surface area contributed by atoms with Gasteiger partial charge in [0, 0.05) is 12.1 Å². The van der Waals surface area contributed by atoms with Crippen molar-refractivity contribution in [3.63, 3.8) is 0 Å². The zero-order valence-corrected chi connectivity index (χ0v) is 33.0. The number of hydrogen-bond donors (Lipinski definition) is 0. The number of halogens is 1. The number of aryl methyl sites for hydroxylation is 1. The fourth-order valence-electron chi connectivity index (χ4n) is 3.72. The van der Waals surface area contributed by atoms with Crippen LogP contribution in [0.2, 0.25) is 0 Å². The monoisotopic (exact) mass is 810 g/mol. The first kappa shape index (κ1) is 46.1. The van der Waals surface area contributed by atoms with Gasteiger partial charge in [0.2, 0.25) is 0 Å². The summed E-state index contributed by atoms with van der Waals surface area (Å²) in [4.78, 5) is 2.71. The van der Waals surface area contributed by atoms with Gasteiger partial charge < -0.3 is 33.8 Å². The molecule has 5 aromatic rings. The maximum Gasteiger partial charge on any atom is 1.00 e. The molecule has 0 fully saturated rings. The first-order chi connectivity index (χ1) is 22.4. The second-order valence-electron chi connectivity index (χ2n) is 10.7. The van der Waals surface area contributed by atoms with Crippen LogP contribution in [-0.2, 0) is 10.1 Å². The average Bonchev–Trinajstić information content (AvgIpc) is 3.03. The zero-order valence-electron chi connectivity index (χ0n) is 29.1. The summed E-state index contributed by atoms with van der Waals surface area (Å²) in [6.45, 7) is 12.1. The molecule has 0 amide bonds. The van der Waals surface area contributed by atoms with Crippen molar-refractivity contribution in [2.75, 3.05) is 6.66 Å². The van der Waals surface area contributed by atoms with E-state index in [1.165, 1.54) is 12.1 Å². The summed E-state index contributed by atoms with van der Waals surface area (Å²) < 4.78 is 49.4. The fraction of sp³-hybridized carbons (Fsp3) is 0.216. The molecule has 5 rings (SSSR count). The number of aromatic nitrogens is 1. The van der Waals surface area contributed by atoms with E-state index in [0.717, 1.165) is 22.8 Å². The van der Waals surface area contributed by atoms with Crippen LogP contribution in [-0.4, -0.2) is 31.7 Å². The molecule has 0 atom stereocenters. The zero-order chi connectivity index (χ0) is 34.5. The molecule has 0 spiro atoms. The summed E-state index contributed by atoms with van der Waals surface area (Å²) in [5.41, 5.74) is 0.928. The molecule has 12 heteroatoms. The number of hydrogen-bond acceptors (Lipinski definition) is 6. The fourth-order valence-corrected chi connectivity index (χ4v) is 5.81. The Kier molecular flexibility index (Phi) is 23.6. The van der Waals surface area contributed by atoms with E-state index in [1.807, 2.05) is 135 Å². The number of H-pyrrole nitrogens is 1. The number of nitrogens with one attached hydrogen (secondary N) is 1. The number of nitrogens with zero attached hydrogens (tertiary/aromatic N) is 1. The predicted molar refractivity (Wildman–Crippen MR) is 190 cm³/mol. The third kappa shape index (κ3) is 21.7. The van der Waals surface area contributed by atoms with Crippen molar-refractivity contribution in [1.29, 1.82) is 0 Å². The Morgan fingerprint density at radius 3 is 1.16 bits per heavy atom. The number of rotatable bonds is 9. The molecule has 1 aromatic heterocycles. The minimum absolute atomic E-state index is 0. The van der Waals surface area contributed by atoms with Crippen molar-refractivity contribution in [3.8, 4) is 17.2 Å². The van der Waals surface area contributed by atoms with Crippen molar-refractivity contribution in [1.82, 2.24) is 0 Å². The van der Waals surface area contributed by atoms with Gasteiger partial charge in [-0.15, -0.1) is 12.1 Å². The van der Waals surface area contributed by atoms with Crippen molar-refractivity contribution >= 4 is 18.1 Å². The van der Waals surface area contributed by atoms with Crippen LogP contribution in [0.25, 0.3) is 5.32 Å². The smallest absolute Gasteiger partial charge is 1.00 e. The van der Waals surface area contributed by atoms with Crippen LogP contribution in [0.3, 0.4) is 0 Å². The Morgan fingerprint density at radius 2 is 0.939 bits per heavy atom. The maximum atomic E-state index is 10.4. The molecule has 4 aromatic carbocycles. The molecule has 0 radical (unpaired) electrons. The number of para-hydroxylation sites is 3. The van der Waals surface area contributed by atoms with E-state index < -0.39 is 18.1 Å². The molecule has 258 valence electrons. The Labute approximate surface area is 322 Å². The molecule has 1 heterocycles. The number of aromatic amines is 1. The second kappa shape index (κ2) is 25.1. The molecule has 8 nitrogen and oxygen atoms in total. The third-order valence-corrected chi connectivity index (χ3v) is 8.03. The summed E-state index contributed by atoms with van der Waals surface area (Å²) in [6.07, 6.45) is 3.75. The van der Waals surface area contributed by atoms with E-state index in [-0.39, 0.29) is 47.7 Å². The minimum Gasteiger partial charge on any atom is -1.00 e. The average molecular weight is 811 g/mol. The van der Waals surface area contributed by atoms with Crippen LogP contribution in [0.1, 0.15) is 33.3 Å². The normalized spacial score (nSPS) is 10.2. The Bertz CT molecular complexity index is 1490. The molecule has 49 heavy (non-hydrogen) atoms. The third-order valence-electron chi connectivity index (χ3n) is 5.56. The van der Waals surface area contributed by atoms with Gasteiger partial charge in [0.25, 0.3) is 0 Å². The van der Waals surface area contributed by atoms with E-state index in [2.05, 4.69) is 38.0 Å². The van der Waals surface area contributed by atoms with Gasteiger partial charge in [0.15, 0.2) is 36.3 Å². The van der Waals surface area contributed by atoms with E-state index in [9.17, 15) is 13.0 Å². The summed E-state index contributed by atoms with van der Waals surface area (Å²) in [5, 5.41) is 4.28. The van der Waals surface area contributed by atoms with E-state index in [1.54, 1.807) is 12.1 Å².